The molecule has 0 aliphatic carbocycles. The van der Waals surface area contributed by atoms with E-state index in [-0.39, 0.29) is 30.2 Å². The summed E-state index contributed by atoms with van der Waals surface area (Å²) in [7, 11) is 5.95. The Morgan fingerprint density at radius 2 is 1.18 bits per heavy atom. The predicted octanol–water partition coefficient (Wildman–Crippen LogP) is 3.68. The zero-order chi connectivity index (χ0) is 52.2. The fourth-order valence-corrected chi connectivity index (χ4v) is 9.69. The van der Waals surface area contributed by atoms with Gasteiger partial charge in [-0.25, -0.2) is 19.0 Å². The number of carbonyl (C=O) groups is 4. The minimum absolute atomic E-state index is 0.209. The van der Waals surface area contributed by atoms with Crippen LogP contribution in [0.2, 0.25) is 0 Å². The summed E-state index contributed by atoms with van der Waals surface area (Å²) in [5.74, 6) is 5.99. The summed E-state index contributed by atoms with van der Waals surface area (Å²) < 4.78 is 14.3. The Morgan fingerprint density at radius 3 is 1.59 bits per heavy atom. The van der Waals surface area contributed by atoms with Crippen molar-refractivity contribution >= 4 is 61.5 Å². The zero-order valence-corrected chi connectivity index (χ0v) is 42.6. The van der Waals surface area contributed by atoms with E-state index in [1.165, 1.54) is 24.0 Å². The Balaban J connectivity index is 0.000000168. The van der Waals surface area contributed by atoms with Gasteiger partial charge in [0.25, 0.3) is 11.8 Å². The lowest BCUT2D eigenvalue weighted by atomic mass is 10.0. The molecule has 18 nitrogen and oxygen atoms in total. The largest absolute Gasteiger partial charge is 0.464 e. The second-order valence-corrected chi connectivity index (χ2v) is 19.6. The number of halogens is 1. The summed E-state index contributed by atoms with van der Waals surface area (Å²) in [5.41, 5.74) is 3.14. The molecular weight excluding hydrogens is 1000 g/mol. The van der Waals surface area contributed by atoms with Crippen molar-refractivity contribution in [1.82, 2.24) is 39.2 Å². The number of hydrogen-bond donors (Lipinski definition) is 4. The number of aliphatic hydroxyl groups excluding tert-OH is 2. The van der Waals surface area contributed by atoms with Crippen molar-refractivity contribution in [2.75, 3.05) is 67.6 Å². The maximum atomic E-state index is 12.6. The van der Waals surface area contributed by atoms with E-state index < -0.39 is 29.0 Å². The molecule has 4 aliphatic rings. The normalized spacial score (nSPS) is 21.9. The van der Waals surface area contributed by atoms with Crippen LogP contribution in [0.5, 0.6) is 0 Å². The van der Waals surface area contributed by atoms with Gasteiger partial charge in [-0.1, -0.05) is 58.0 Å². The summed E-state index contributed by atoms with van der Waals surface area (Å²) in [6.45, 7) is 5.41. The zero-order valence-electron chi connectivity index (χ0n) is 41.0. The molecule has 0 radical (unpaired) electrons. The van der Waals surface area contributed by atoms with Crippen molar-refractivity contribution in [2.24, 2.45) is 0 Å². The van der Waals surface area contributed by atoms with Gasteiger partial charge in [-0.3, -0.25) is 19.4 Å². The highest BCUT2D eigenvalue weighted by molar-refractivity contribution is 9.10. The number of amides is 2. The summed E-state index contributed by atoms with van der Waals surface area (Å²) in [6, 6.07) is 26.9. The van der Waals surface area contributed by atoms with Gasteiger partial charge in [0.05, 0.1) is 48.8 Å². The van der Waals surface area contributed by atoms with Gasteiger partial charge >= 0.3 is 11.9 Å². The average molecular weight is 1060 g/mol. The fourth-order valence-electron chi connectivity index (χ4n) is 9.30. The first-order valence-electron chi connectivity index (χ1n) is 23.8. The number of aromatic nitrogens is 4. The van der Waals surface area contributed by atoms with Crippen LogP contribution in [-0.4, -0.2) is 174 Å². The first kappa shape index (κ1) is 52.4. The number of esters is 2. The SMILES string of the molecule is C#C[C@]1(O)CCN(C)C1=O.COC(=O)c1nn(-c2cccc(Br)c2)c2ccc(CN3CCC(O)C3)cc12.COC(=O)c1nn(-c2cccc(C#C[C@]3(O)CCN(C)C3=O)c2)c2ccc(CN3CCC(O)C3)cc12. The van der Waals surface area contributed by atoms with Crippen LogP contribution in [0.3, 0.4) is 0 Å². The monoisotopic (exact) mass is 1060 g/mol. The number of aliphatic hydroxyl groups is 4. The summed E-state index contributed by atoms with van der Waals surface area (Å²) in [5, 5.41) is 50.0. The van der Waals surface area contributed by atoms with Crippen molar-refractivity contribution < 1.29 is 49.1 Å². The lowest BCUT2D eigenvalue weighted by Gasteiger charge is -2.15. The van der Waals surface area contributed by atoms with Gasteiger partial charge in [-0.2, -0.15) is 10.2 Å². The van der Waals surface area contributed by atoms with Crippen LogP contribution in [0.15, 0.2) is 89.4 Å². The van der Waals surface area contributed by atoms with E-state index >= 15 is 0 Å². The average Bonchev–Trinajstić information content (AvgIpc) is 4.26. The molecule has 73 heavy (non-hydrogen) atoms. The molecule has 0 bridgehead atoms. The number of likely N-dealkylation sites (tertiary alicyclic amines) is 4. The molecule has 0 spiro atoms. The number of carbonyl (C=O) groups excluding carboxylic acids is 4. The van der Waals surface area contributed by atoms with Crippen molar-refractivity contribution in [3.05, 3.63) is 117 Å². The third-order valence-corrected chi connectivity index (χ3v) is 13.9. The molecule has 2 amide bonds. The summed E-state index contributed by atoms with van der Waals surface area (Å²) in [4.78, 5) is 55.3. The second-order valence-electron chi connectivity index (χ2n) is 18.7. The van der Waals surface area contributed by atoms with Crippen molar-refractivity contribution in [2.45, 2.75) is 62.2 Å². The van der Waals surface area contributed by atoms with Crippen LogP contribution in [0.1, 0.15) is 63.4 Å². The number of rotatable bonds is 8. The molecule has 6 aromatic rings. The third-order valence-electron chi connectivity index (χ3n) is 13.4. The number of hydrogen-bond acceptors (Lipinski definition) is 14. The Bertz CT molecular complexity index is 3190. The number of β-amino-alcohol motifs (C(OH)–C–C–N with tert-alkyl or cyclic N) is 2. The van der Waals surface area contributed by atoms with Crippen LogP contribution in [0.4, 0.5) is 0 Å². The maximum Gasteiger partial charge on any atom is 0.359 e. The Morgan fingerprint density at radius 1 is 0.699 bits per heavy atom. The quantitative estimate of drug-likeness (QED) is 0.127. The lowest BCUT2D eigenvalue weighted by Crippen LogP contribution is -2.37. The molecule has 4 aliphatic heterocycles. The number of terminal acetylenes is 1. The molecule has 4 fully saturated rings. The van der Waals surface area contributed by atoms with E-state index in [9.17, 15) is 39.6 Å². The van der Waals surface area contributed by atoms with Crippen molar-refractivity contribution in [3.63, 3.8) is 0 Å². The molecule has 0 saturated carbocycles. The molecule has 380 valence electrons. The number of benzene rings is 4. The van der Waals surface area contributed by atoms with Crippen LogP contribution in [-0.2, 0) is 32.2 Å². The molecule has 4 saturated heterocycles. The van der Waals surface area contributed by atoms with Crippen LogP contribution in [0, 0.1) is 24.2 Å². The van der Waals surface area contributed by atoms with Gasteiger partial charge in [-0.05, 0) is 84.6 Å². The molecule has 2 aromatic heterocycles. The van der Waals surface area contributed by atoms with Crippen molar-refractivity contribution in [1.29, 1.82) is 0 Å². The molecular formula is C54H57BrN8O10. The molecule has 10 rings (SSSR count). The Labute approximate surface area is 430 Å². The van der Waals surface area contributed by atoms with Gasteiger partial charge < -0.3 is 39.7 Å². The highest BCUT2D eigenvalue weighted by Gasteiger charge is 2.43. The predicted molar refractivity (Wildman–Crippen MR) is 274 cm³/mol. The van der Waals surface area contributed by atoms with E-state index in [2.05, 4.69) is 53.7 Å². The molecule has 19 heteroatoms. The van der Waals surface area contributed by atoms with Crippen LogP contribution >= 0.6 is 15.9 Å². The van der Waals surface area contributed by atoms with Gasteiger partial charge in [0.15, 0.2) is 11.4 Å². The van der Waals surface area contributed by atoms with Crippen molar-refractivity contribution in [3.8, 4) is 35.6 Å². The Hall–Kier alpha value is -6.94. The highest BCUT2D eigenvalue weighted by Crippen LogP contribution is 2.29. The fraction of sp³-hybridized carbons (Fsp3) is 0.370. The first-order valence-corrected chi connectivity index (χ1v) is 24.6. The molecule has 2 unspecified atom stereocenters. The Kier molecular flexibility index (Phi) is 15.8. The lowest BCUT2D eigenvalue weighted by molar-refractivity contribution is -0.138. The van der Waals surface area contributed by atoms with E-state index in [1.54, 1.807) is 35.6 Å². The first-order chi connectivity index (χ1) is 34.9. The number of methoxy groups -OCH3 is 2. The van der Waals surface area contributed by atoms with Crippen LogP contribution in [0.25, 0.3) is 33.2 Å². The second kappa shape index (κ2) is 22.0. The minimum Gasteiger partial charge on any atom is -0.464 e. The smallest absolute Gasteiger partial charge is 0.359 e. The van der Waals surface area contributed by atoms with Gasteiger partial charge in [-0.15, -0.1) is 6.42 Å². The van der Waals surface area contributed by atoms with E-state index in [4.69, 9.17) is 15.9 Å². The summed E-state index contributed by atoms with van der Waals surface area (Å²) in [6.07, 6.45) is 6.59. The van der Waals surface area contributed by atoms with Gasteiger partial charge in [0.1, 0.15) is 0 Å². The summed E-state index contributed by atoms with van der Waals surface area (Å²) >= 11 is 3.48. The maximum absolute atomic E-state index is 12.6. The number of nitrogens with zero attached hydrogens (tertiary/aromatic N) is 8. The van der Waals surface area contributed by atoms with Crippen LogP contribution < -0.4 is 0 Å². The topological polar surface area (TPSA) is 216 Å². The van der Waals surface area contributed by atoms with E-state index in [0.29, 0.717) is 61.5 Å². The van der Waals surface area contributed by atoms with Gasteiger partial charge in [0, 0.05) is 100 Å². The molecule has 4 N–H and O–H groups in total. The van der Waals surface area contributed by atoms with E-state index in [0.717, 1.165) is 70.2 Å². The number of fused-ring (bicyclic) bond motifs is 2. The minimum atomic E-state index is -1.68. The molecule has 4 aromatic carbocycles. The molecule has 6 heterocycles. The number of ether oxygens (including phenoxy) is 2. The third kappa shape index (κ3) is 11.5. The highest BCUT2D eigenvalue weighted by atomic mass is 79.9. The van der Waals surface area contributed by atoms with E-state index in [1.807, 2.05) is 72.8 Å². The van der Waals surface area contributed by atoms with Gasteiger partial charge in [0.2, 0.25) is 11.2 Å². The molecule has 4 atom stereocenters. The number of likely N-dealkylation sites (N-methyl/N-ethyl adjacent to an activating group) is 2. The standard InChI is InChI=1S/C27H28N4O5.C20H20BrN3O3.C7H9NO2/c1-29-13-11-27(35,26(29)34)10-8-18-4-3-5-20(14-18)31-23-7-6-19(16-30-12-9-21(32)17-30)15-22(23)24(28-31)25(33)36-2;1-27-20(26)19-17-9-13(11-23-8-7-16(25)12-23)5-6-18(17)24(22-19)15-4-2-3-14(21)10-15;1-3-7(10)4-5-8(2)6(7)9/h3-7,14-15,21,32,35H,9,11-13,16-17H2,1-2H3;2-6,9-10,16,25H,7-8,11-12H2,1H3;1,10H,4-5H2,2H3/t21?,27-;;7-/m0.0/s1.